The Labute approximate surface area is 121 Å². The average Bonchev–Trinajstić information content (AvgIpc) is 2.40. The highest BCUT2D eigenvalue weighted by Crippen LogP contribution is 2.21. The molecule has 0 saturated heterocycles. The third kappa shape index (κ3) is 5.43. The van der Waals surface area contributed by atoms with Gasteiger partial charge in [0.05, 0.1) is 10.5 Å². The predicted molar refractivity (Wildman–Crippen MR) is 82.4 cm³/mol. The molecular weight excluding hydrogens is 260 g/mol. The Hall–Kier alpha value is -0.710. The van der Waals surface area contributed by atoms with Gasteiger partial charge in [0.2, 0.25) is 11.8 Å². The lowest BCUT2D eigenvalue weighted by atomic mass is 10.3. The molecule has 2 unspecified atom stereocenters. The van der Waals surface area contributed by atoms with Crippen molar-refractivity contribution in [1.29, 1.82) is 0 Å². The highest BCUT2D eigenvalue weighted by atomic mass is 32.2. The summed E-state index contributed by atoms with van der Waals surface area (Å²) in [5.74, 6) is 0.239. The van der Waals surface area contributed by atoms with Crippen LogP contribution in [-0.2, 0) is 9.59 Å². The van der Waals surface area contributed by atoms with Gasteiger partial charge >= 0.3 is 0 Å². The number of nitrogens with zero attached hydrogens (tertiary/aromatic N) is 2. The van der Waals surface area contributed by atoms with E-state index in [2.05, 4.69) is 0 Å². The highest BCUT2D eigenvalue weighted by Gasteiger charge is 2.25. The van der Waals surface area contributed by atoms with E-state index in [1.165, 1.54) is 11.8 Å². The largest absolute Gasteiger partial charge is 0.342 e. The molecule has 5 heteroatoms. The van der Waals surface area contributed by atoms with Gasteiger partial charge in [-0.1, -0.05) is 0 Å². The van der Waals surface area contributed by atoms with Crippen LogP contribution in [0.25, 0.3) is 0 Å². The molecule has 0 N–H and O–H groups in total. The topological polar surface area (TPSA) is 40.6 Å². The second-order valence-corrected chi connectivity index (χ2v) is 6.13. The number of carbonyl (C=O) groups is 2. The van der Waals surface area contributed by atoms with Crippen molar-refractivity contribution < 1.29 is 9.59 Å². The first kappa shape index (κ1) is 18.3. The van der Waals surface area contributed by atoms with Gasteiger partial charge in [-0.15, -0.1) is 11.8 Å². The molecule has 112 valence electrons. The fourth-order valence-corrected chi connectivity index (χ4v) is 3.15. The van der Waals surface area contributed by atoms with E-state index >= 15 is 0 Å². The maximum Gasteiger partial charge on any atom is 0.235 e. The number of hydrogen-bond acceptors (Lipinski definition) is 3. The summed E-state index contributed by atoms with van der Waals surface area (Å²) in [7, 11) is 0. The third-order valence-corrected chi connectivity index (χ3v) is 4.47. The molecule has 0 aliphatic carbocycles. The normalized spacial score (nSPS) is 13.8. The standard InChI is InChI=1S/C14H28N2O2S/c1-7-15(8-2)13(17)11(5)19-12(6)14(18)16(9-3)10-4/h11-12H,7-10H2,1-6H3. The van der Waals surface area contributed by atoms with Crippen LogP contribution in [0, 0.1) is 0 Å². The van der Waals surface area contributed by atoms with E-state index in [1.54, 1.807) is 0 Å². The molecular formula is C14H28N2O2S. The van der Waals surface area contributed by atoms with Crippen molar-refractivity contribution in [3.05, 3.63) is 0 Å². The van der Waals surface area contributed by atoms with Crippen LogP contribution < -0.4 is 0 Å². The van der Waals surface area contributed by atoms with Gasteiger partial charge in [0.1, 0.15) is 0 Å². The summed E-state index contributed by atoms with van der Waals surface area (Å²) < 4.78 is 0. The van der Waals surface area contributed by atoms with Crippen LogP contribution in [0.15, 0.2) is 0 Å². The van der Waals surface area contributed by atoms with Crippen molar-refractivity contribution in [1.82, 2.24) is 9.80 Å². The van der Waals surface area contributed by atoms with E-state index in [-0.39, 0.29) is 22.3 Å². The van der Waals surface area contributed by atoms with Crippen molar-refractivity contribution >= 4 is 23.6 Å². The lowest BCUT2D eigenvalue weighted by molar-refractivity contribution is -0.130. The summed E-state index contributed by atoms with van der Waals surface area (Å²) in [4.78, 5) is 27.9. The fraction of sp³-hybridized carbons (Fsp3) is 0.857. The summed E-state index contributed by atoms with van der Waals surface area (Å²) >= 11 is 1.45. The molecule has 0 aromatic heterocycles. The maximum absolute atomic E-state index is 12.2. The minimum absolute atomic E-state index is 0.120. The van der Waals surface area contributed by atoms with Gasteiger partial charge in [-0.2, -0.15) is 0 Å². The maximum atomic E-state index is 12.2. The van der Waals surface area contributed by atoms with Gasteiger partial charge in [0, 0.05) is 26.2 Å². The first-order valence-electron chi connectivity index (χ1n) is 7.15. The molecule has 0 aliphatic rings. The molecule has 0 fully saturated rings. The highest BCUT2D eigenvalue weighted by molar-refractivity contribution is 8.01. The van der Waals surface area contributed by atoms with Crippen molar-refractivity contribution in [3.63, 3.8) is 0 Å². The molecule has 0 spiro atoms. The number of carbonyl (C=O) groups excluding carboxylic acids is 2. The third-order valence-electron chi connectivity index (χ3n) is 3.25. The van der Waals surface area contributed by atoms with Crippen molar-refractivity contribution in [2.75, 3.05) is 26.2 Å². The van der Waals surface area contributed by atoms with Crippen molar-refractivity contribution in [2.24, 2.45) is 0 Å². The summed E-state index contributed by atoms with van der Waals surface area (Å²) in [5.41, 5.74) is 0. The molecule has 0 aromatic rings. The lowest BCUT2D eigenvalue weighted by Crippen LogP contribution is -2.40. The van der Waals surface area contributed by atoms with E-state index in [4.69, 9.17) is 0 Å². The van der Waals surface area contributed by atoms with E-state index in [9.17, 15) is 9.59 Å². The van der Waals surface area contributed by atoms with E-state index < -0.39 is 0 Å². The van der Waals surface area contributed by atoms with E-state index in [1.807, 2.05) is 51.3 Å². The van der Waals surface area contributed by atoms with Crippen LogP contribution in [-0.4, -0.2) is 58.3 Å². The van der Waals surface area contributed by atoms with Gasteiger partial charge in [-0.25, -0.2) is 0 Å². The monoisotopic (exact) mass is 288 g/mol. The Morgan fingerprint density at radius 2 is 1.05 bits per heavy atom. The second-order valence-electron chi connectivity index (χ2n) is 4.44. The van der Waals surface area contributed by atoms with Gasteiger partial charge < -0.3 is 9.80 Å². The molecule has 2 amide bonds. The molecule has 4 nitrogen and oxygen atoms in total. The first-order valence-corrected chi connectivity index (χ1v) is 8.10. The quantitative estimate of drug-likeness (QED) is 0.688. The zero-order valence-corrected chi connectivity index (χ0v) is 13.9. The van der Waals surface area contributed by atoms with Gasteiger partial charge in [0.15, 0.2) is 0 Å². The molecule has 0 saturated carbocycles. The summed E-state index contributed by atoms with van der Waals surface area (Å²) in [6, 6.07) is 0. The number of amides is 2. The number of rotatable bonds is 8. The molecule has 0 radical (unpaired) electrons. The Bertz CT molecular complexity index is 261. The molecule has 0 aliphatic heterocycles. The van der Waals surface area contributed by atoms with Crippen LogP contribution >= 0.6 is 11.8 Å². The van der Waals surface area contributed by atoms with Crippen LogP contribution in [0.3, 0.4) is 0 Å². The van der Waals surface area contributed by atoms with Crippen LogP contribution in [0.5, 0.6) is 0 Å². The van der Waals surface area contributed by atoms with E-state index in [0.717, 1.165) is 26.2 Å². The molecule has 0 bridgehead atoms. The molecule has 2 atom stereocenters. The zero-order chi connectivity index (χ0) is 15.0. The summed E-state index contributed by atoms with van der Waals surface area (Å²) in [5, 5.41) is -0.344. The summed E-state index contributed by atoms with van der Waals surface area (Å²) in [6.07, 6.45) is 0. The first-order chi connectivity index (χ1) is 8.92. The Morgan fingerprint density at radius 3 is 1.26 bits per heavy atom. The fourth-order valence-electron chi connectivity index (χ4n) is 2.01. The summed E-state index contributed by atoms with van der Waals surface area (Å²) in [6.45, 7) is 14.6. The molecule has 0 heterocycles. The Balaban J connectivity index is 4.51. The van der Waals surface area contributed by atoms with Crippen LogP contribution in [0.1, 0.15) is 41.5 Å². The molecule has 0 aromatic carbocycles. The minimum Gasteiger partial charge on any atom is -0.342 e. The lowest BCUT2D eigenvalue weighted by Gasteiger charge is -2.26. The van der Waals surface area contributed by atoms with Gasteiger partial charge in [-0.3, -0.25) is 9.59 Å². The molecule has 0 rings (SSSR count). The molecule has 19 heavy (non-hydrogen) atoms. The van der Waals surface area contributed by atoms with E-state index in [0.29, 0.717) is 0 Å². The number of hydrogen-bond donors (Lipinski definition) is 0. The second kappa shape index (κ2) is 9.23. The zero-order valence-electron chi connectivity index (χ0n) is 13.1. The van der Waals surface area contributed by atoms with Crippen molar-refractivity contribution in [2.45, 2.75) is 52.0 Å². The predicted octanol–water partition coefficient (Wildman–Crippen LogP) is 2.23. The Morgan fingerprint density at radius 1 is 0.789 bits per heavy atom. The minimum atomic E-state index is -0.172. The smallest absolute Gasteiger partial charge is 0.235 e. The van der Waals surface area contributed by atoms with Crippen LogP contribution in [0.4, 0.5) is 0 Å². The van der Waals surface area contributed by atoms with Gasteiger partial charge in [-0.05, 0) is 41.5 Å². The number of thioether (sulfide) groups is 1. The average molecular weight is 288 g/mol. The van der Waals surface area contributed by atoms with Crippen molar-refractivity contribution in [3.8, 4) is 0 Å². The SMILES string of the molecule is CCN(CC)C(=O)C(C)SC(C)C(=O)N(CC)CC. The Kier molecular flexibility index (Phi) is 8.89. The van der Waals surface area contributed by atoms with Crippen LogP contribution in [0.2, 0.25) is 0 Å². The van der Waals surface area contributed by atoms with Gasteiger partial charge in [0.25, 0.3) is 0 Å².